The quantitative estimate of drug-likeness (QED) is 0.873. The van der Waals surface area contributed by atoms with Crippen molar-refractivity contribution in [2.45, 2.75) is 12.5 Å². The van der Waals surface area contributed by atoms with Crippen LogP contribution in [0.2, 0.25) is 0 Å². The summed E-state index contributed by atoms with van der Waals surface area (Å²) >= 11 is 0. The van der Waals surface area contributed by atoms with Crippen LogP contribution in [0.1, 0.15) is 16.8 Å². The number of carbonyl (C=O) groups excluding carboxylic acids is 1. The van der Waals surface area contributed by atoms with Gasteiger partial charge < -0.3 is 14.8 Å². The summed E-state index contributed by atoms with van der Waals surface area (Å²) in [6, 6.07) is 9.54. The molecule has 1 aromatic heterocycles. The largest absolute Gasteiger partial charge is 0.337 e. The van der Waals surface area contributed by atoms with Gasteiger partial charge in [-0.15, -0.1) is 0 Å². The number of amides is 1. The van der Waals surface area contributed by atoms with Crippen LogP contribution in [0, 0.1) is 0 Å². The van der Waals surface area contributed by atoms with E-state index < -0.39 is 0 Å². The lowest BCUT2D eigenvalue weighted by molar-refractivity contribution is 0.0775. The summed E-state index contributed by atoms with van der Waals surface area (Å²) in [4.78, 5) is 29.8. The van der Waals surface area contributed by atoms with Crippen molar-refractivity contribution in [3.8, 4) is 0 Å². The number of aromatic nitrogens is 1. The maximum Gasteiger partial charge on any atom is 0.254 e. The Kier molecular flexibility index (Phi) is 4.31. The third-order valence-electron chi connectivity index (χ3n) is 5.50. The number of aryl methyl sites for hydroxylation is 1. The van der Waals surface area contributed by atoms with Gasteiger partial charge in [-0.3, -0.25) is 14.5 Å². The van der Waals surface area contributed by atoms with Gasteiger partial charge in [0.05, 0.1) is 11.1 Å². The van der Waals surface area contributed by atoms with Gasteiger partial charge in [-0.2, -0.15) is 0 Å². The van der Waals surface area contributed by atoms with Crippen molar-refractivity contribution in [2.75, 3.05) is 39.3 Å². The van der Waals surface area contributed by atoms with E-state index in [0.717, 1.165) is 56.6 Å². The Bertz CT molecular complexity index is 854. The van der Waals surface area contributed by atoms with Gasteiger partial charge in [0.15, 0.2) is 0 Å². The number of hydrogen-bond donors (Lipinski definition) is 1. The predicted molar refractivity (Wildman–Crippen MR) is 97.9 cm³/mol. The zero-order valence-electron chi connectivity index (χ0n) is 14.6. The van der Waals surface area contributed by atoms with Crippen LogP contribution < -0.4 is 10.9 Å². The molecule has 1 aromatic carbocycles. The highest BCUT2D eigenvalue weighted by atomic mass is 16.2. The number of rotatable bonds is 2. The summed E-state index contributed by atoms with van der Waals surface area (Å²) in [6.45, 7) is 5.63. The Morgan fingerprint density at radius 1 is 1.16 bits per heavy atom. The predicted octanol–water partition coefficient (Wildman–Crippen LogP) is 0.658. The number of benzene rings is 1. The van der Waals surface area contributed by atoms with Crippen LogP contribution in [0.3, 0.4) is 0 Å². The molecule has 0 saturated carbocycles. The van der Waals surface area contributed by atoms with E-state index in [1.165, 1.54) is 6.07 Å². The molecule has 2 aromatic rings. The highest BCUT2D eigenvalue weighted by Gasteiger charge is 2.32. The first-order valence-electron chi connectivity index (χ1n) is 8.98. The van der Waals surface area contributed by atoms with Crippen LogP contribution >= 0.6 is 0 Å². The van der Waals surface area contributed by atoms with Crippen molar-refractivity contribution in [1.82, 2.24) is 19.7 Å². The number of likely N-dealkylation sites (tertiary alicyclic amines) is 1. The number of nitrogens with one attached hydrogen (secondary N) is 1. The second-order valence-corrected chi connectivity index (χ2v) is 6.95. The van der Waals surface area contributed by atoms with Crippen molar-refractivity contribution < 1.29 is 4.79 Å². The smallest absolute Gasteiger partial charge is 0.254 e. The lowest BCUT2D eigenvalue weighted by Crippen LogP contribution is -2.49. The number of piperazine rings is 1. The molecule has 2 aliphatic rings. The summed E-state index contributed by atoms with van der Waals surface area (Å²) in [5.74, 6) is -0.0217. The molecule has 0 bridgehead atoms. The fourth-order valence-corrected chi connectivity index (χ4v) is 4.03. The van der Waals surface area contributed by atoms with E-state index in [1.54, 1.807) is 11.6 Å². The van der Waals surface area contributed by atoms with Crippen LogP contribution in [0.15, 0.2) is 35.1 Å². The molecule has 2 aliphatic heterocycles. The zero-order chi connectivity index (χ0) is 17.4. The van der Waals surface area contributed by atoms with Crippen molar-refractivity contribution >= 4 is 16.8 Å². The average molecular weight is 340 g/mol. The highest BCUT2D eigenvalue weighted by Crippen LogP contribution is 2.22. The Morgan fingerprint density at radius 3 is 2.72 bits per heavy atom. The maximum absolute atomic E-state index is 13.1. The van der Waals surface area contributed by atoms with E-state index in [1.807, 2.05) is 29.2 Å². The lowest BCUT2D eigenvalue weighted by atomic mass is 10.1. The van der Waals surface area contributed by atoms with Crippen molar-refractivity contribution in [1.29, 1.82) is 0 Å². The molecule has 1 atom stereocenters. The number of nitrogens with zero attached hydrogens (tertiary/aromatic N) is 3. The Labute approximate surface area is 147 Å². The third-order valence-corrected chi connectivity index (χ3v) is 5.50. The Hall–Kier alpha value is -2.18. The first-order valence-corrected chi connectivity index (χ1v) is 8.98. The molecule has 1 N–H and O–H groups in total. The molecule has 0 radical (unpaired) electrons. The number of hydrogen-bond acceptors (Lipinski definition) is 4. The molecular weight excluding hydrogens is 316 g/mol. The summed E-state index contributed by atoms with van der Waals surface area (Å²) in [5, 5.41) is 4.22. The van der Waals surface area contributed by atoms with E-state index in [-0.39, 0.29) is 11.5 Å². The molecule has 132 valence electrons. The molecule has 6 heteroatoms. The van der Waals surface area contributed by atoms with E-state index in [0.29, 0.717) is 11.6 Å². The van der Waals surface area contributed by atoms with Crippen LogP contribution in [-0.4, -0.2) is 65.6 Å². The zero-order valence-corrected chi connectivity index (χ0v) is 14.6. The molecule has 0 spiro atoms. The van der Waals surface area contributed by atoms with Gasteiger partial charge in [0, 0.05) is 63.8 Å². The topological polar surface area (TPSA) is 57.6 Å². The maximum atomic E-state index is 13.1. The summed E-state index contributed by atoms with van der Waals surface area (Å²) in [5.41, 5.74) is 1.19. The first-order chi connectivity index (χ1) is 12.1. The minimum Gasteiger partial charge on any atom is -0.337 e. The lowest BCUT2D eigenvalue weighted by Gasteiger charge is -2.32. The van der Waals surface area contributed by atoms with Crippen LogP contribution in [0.25, 0.3) is 10.9 Å². The fraction of sp³-hybridized carbons (Fsp3) is 0.474. The number of para-hydroxylation sites is 1. The number of pyridine rings is 1. The summed E-state index contributed by atoms with van der Waals surface area (Å²) in [6.07, 6.45) is 1.01. The normalized spacial score (nSPS) is 21.8. The summed E-state index contributed by atoms with van der Waals surface area (Å²) < 4.78 is 1.60. The second-order valence-electron chi connectivity index (χ2n) is 6.95. The standard InChI is InChI=1S/C19H24N4O2/c1-21-17-5-3-2-4-15(17)16(12-18(21)24)19(25)23-9-6-14(13-23)22-10-7-20-8-11-22/h2-5,12,14,20H,6-11,13H2,1H3. The van der Waals surface area contributed by atoms with Gasteiger partial charge in [0.25, 0.3) is 11.5 Å². The van der Waals surface area contributed by atoms with Gasteiger partial charge >= 0.3 is 0 Å². The van der Waals surface area contributed by atoms with E-state index in [9.17, 15) is 9.59 Å². The minimum absolute atomic E-state index is 0.0217. The molecule has 4 rings (SSSR count). The van der Waals surface area contributed by atoms with Crippen LogP contribution in [0.4, 0.5) is 0 Å². The molecule has 3 heterocycles. The summed E-state index contributed by atoms with van der Waals surface area (Å²) in [7, 11) is 1.75. The second kappa shape index (κ2) is 6.61. The molecule has 0 aliphatic carbocycles. The SMILES string of the molecule is Cn1c(=O)cc(C(=O)N2CCC(N3CCNCC3)C2)c2ccccc21. The van der Waals surface area contributed by atoms with E-state index >= 15 is 0 Å². The van der Waals surface area contributed by atoms with Crippen molar-refractivity contribution in [3.63, 3.8) is 0 Å². The molecule has 1 amide bonds. The molecule has 1 unspecified atom stereocenters. The number of carbonyl (C=O) groups is 1. The number of fused-ring (bicyclic) bond motifs is 1. The Balaban J connectivity index is 1.61. The third kappa shape index (κ3) is 2.96. The molecule has 2 saturated heterocycles. The first kappa shape index (κ1) is 16.3. The van der Waals surface area contributed by atoms with Crippen molar-refractivity contribution in [2.24, 2.45) is 7.05 Å². The van der Waals surface area contributed by atoms with Gasteiger partial charge in [-0.1, -0.05) is 18.2 Å². The monoisotopic (exact) mass is 340 g/mol. The minimum atomic E-state index is -0.139. The van der Waals surface area contributed by atoms with Crippen LogP contribution in [-0.2, 0) is 7.05 Å². The molecule has 25 heavy (non-hydrogen) atoms. The highest BCUT2D eigenvalue weighted by molar-refractivity contribution is 6.06. The van der Waals surface area contributed by atoms with Crippen LogP contribution in [0.5, 0.6) is 0 Å². The Morgan fingerprint density at radius 2 is 1.92 bits per heavy atom. The molecule has 2 fully saturated rings. The average Bonchev–Trinajstić information content (AvgIpc) is 3.15. The van der Waals surface area contributed by atoms with E-state index in [4.69, 9.17) is 0 Å². The van der Waals surface area contributed by atoms with Gasteiger partial charge in [0.1, 0.15) is 0 Å². The van der Waals surface area contributed by atoms with E-state index in [2.05, 4.69) is 10.2 Å². The molecular formula is C19H24N4O2. The van der Waals surface area contributed by atoms with Gasteiger partial charge in [-0.25, -0.2) is 0 Å². The molecule has 6 nitrogen and oxygen atoms in total. The van der Waals surface area contributed by atoms with Crippen molar-refractivity contribution in [3.05, 3.63) is 46.2 Å². The fourth-order valence-electron chi connectivity index (χ4n) is 4.03. The van der Waals surface area contributed by atoms with Gasteiger partial charge in [0.2, 0.25) is 0 Å². The van der Waals surface area contributed by atoms with Gasteiger partial charge in [-0.05, 0) is 12.5 Å².